The highest BCUT2D eigenvalue weighted by Crippen LogP contribution is 2.27. The van der Waals surface area contributed by atoms with Crippen molar-refractivity contribution in [2.75, 3.05) is 26.2 Å². The van der Waals surface area contributed by atoms with E-state index in [4.69, 9.17) is 19.8 Å². The van der Waals surface area contributed by atoms with Crippen LogP contribution in [0.3, 0.4) is 0 Å². The number of aliphatic carboxylic acids is 2. The number of carbonyl (C=O) groups is 2. The summed E-state index contributed by atoms with van der Waals surface area (Å²) in [6.07, 6.45) is 0. The number of nitrogens with zero attached hydrogens (tertiary/aromatic N) is 4. The minimum absolute atomic E-state index is 0.00935. The molecule has 15 heteroatoms. The van der Waals surface area contributed by atoms with Crippen molar-refractivity contribution in [3.8, 4) is 0 Å². The molecule has 0 spiro atoms. The van der Waals surface area contributed by atoms with Gasteiger partial charge in [0.1, 0.15) is 0 Å². The molecule has 0 bridgehead atoms. The van der Waals surface area contributed by atoms with Gasteiger partial charge in [-0.05, 0) is 11.6 Å². The zero-order valence-corrected chi connectivity index (χ0v) is 18.3. The highest BCUT2D eigenvalue weighted by molar-refractivity contribution is 7.89. The fraction of sp³-hybridized carbons (Fsp3) is 0.263. The topological polar surface area (TPSA) is 201 Å². The van der Waals surface area contributed by atoms with Crippen LogP contribution in [-0.2, 0) is 26.2 Å². The van der Waals surface area contributed by atoms with Gasteiger partial charge in [0.05, 0.1) is 9.85 Å². The van der Waals surface area contributed by atoms with E-state index < -0.39 is 37.5 Å². The third-order valence-electron chi connectivity index (χ3n) is 4.72. The van der Waals surface area contributed by atoms with Gasteiger partial charge in [0.25, 0.3) is 11.4 Å². The van der Waals surface area contributed by atoms with Crippen molar-refractivity contribution in [3.63, 3.8) is 0 Å². The summed E-state index contributed by atoms with van der Waals surface area (Å²) in [4.78, 5) is 40.7. The third kappa shape index (κ3) is 6.77. The van der Waals surface area contributed by atoms with E-state index >= 15 is 0 Å². The Bertz CT molecular complexity index is 1180. The first kappa shape index (κ1) is 26.3. The van der Waals surface area contributed by atoms with Gasteiger partial charge in [-0.15, -0.1) is 0 Å². The first-order valence-corrected chi connectivity index (χ1v) is 11.0. The number of hydrogen-bond acceptors (Lipinski definition) is 9. The molecule has 0 radical (unpaired) electrons. The van der Waals surface area contributed by atoms with Crippen LogP contribution in [0.1, 0.15) is 5.56 Å². The van der Waals surface area contributed by atoms with Crippen molar-refractivity contribution in [1.29, 1.82) is 0 Å². The standard InChI is InChI=1S/C17H18N4O6S.C2H2O4/c22-20(23)15-5-3-4-14(12-15)13-18-8-10-19(11-9-18)28(26,27)17-7-2-1-6-16(17)21(24)25;3-1(4)2(5)6/h1-7,12H,8-11,13H2;(H,3,4)(H,5,6). The largest absolute Gasteiger partial charge is 0.473 e. The molecule has 1 aliphatic rings. The van der Waals surface area contributed by atoms with Gasteiger partial charge in [0, 0.05) is 50.9 Å². The number of rotatable bonds is 6. The van der Waals surface area contributed by atoms with E-state index in [1.165, 1.54) is 40.7 Å². The molecule has 1 aliphatic heterocycles. The fourth-order valence-electron chi connectivity index (χ4n) is 3.12. The molecule has 0 amide bonds. The van der Waals surface area contributed by atoms with Crippen molar-refractivity contribution in [2.45, 2.75) is 11.4 Å². The highest BCUT2D eigenvalue weighted by atomic mass is 32.2. The third-order valence-corrected chi connectivity index (χ3v) is 6.67. The molecule has 182 valence electrons. The second-order valence-corrected chi connectivity index (χ2v) is 8.85. The van der Waals surface area contributed by atoms with E-state index in [1.807, 2.05) is 4.90 Å². The minimum atomic E-state index is -3.98. The maximum atomic E-state index is 12.8. The molecule has 0 saturated carbocycles. The van der Waals surface area contributed by atoms with E-state index in [1.54, 1.807) is 12.1 Å². The number of nitro groups is 2. The summed E-state index contributed by atoms with van der Waals surface area (Å²) in [6, 6.07) is 11.6. The first-order chi connectivity index (χ1) is 15.9. The summed E-state index contributed by atoms with van der Waals surface area (Å²) in [6.45, 7) is 1.67. The first-order valence-electron chi connectivity index (χ1n) is 9.59. The molecule has 2 aromatic carbocycles. The lowest BCUT2D eigenvalue weighted by Crippen LogP contribution is -2.48. The Labute approximate surface area is 193 Å². The lowest BCUT2D eigenvalue weighted by molar-refractivity contribution is -0.387. The lowest BCUT2D eigenvalue weighted by Gasteiger charge is -2.33. The van der Waals surface area contributed by atoms with Crippen molar-refractivity contribution < 1.29 is 38.1 Å². The number of hydrogen-bond donors (Lipinski definition) is 2. The van der Waals surface area contributed by atoms with Gasteiger partial charge >= 0.3 is 11.9 Å². The van der Waals surface area contributed by atoms with Crippen molar-refractivity contribution >= 4 is 33.3 Å². The normalized spacial score (nSPS) is 14.5. The Kier molecular flexibility index (Phi) is 8.71. The Morgan fingerprint density at radius 2 is 1.47 bits per heavy atom. The van der Waals surface area contributed by atoms with E-state index in [2.05, 4.69) is 0 Å². The molecular formula is C19H20N4O10S. The molecule has 34 heavy (non-hydrogen) atoms. The number of sulfonamides is 1. The highest BCUT2D eigenvalue weighted by Gasteiger charge is 2.33. The van der Waals surface area contributed by atoms with Crippen molar-refractivity contribution in [2.24, 2.45) is 0 Å². The zero-order chi connectivity index (χ0) is 25.5. The molecule has 1 heterocycles. The van der Waals surface area contributed by atoms with E-state index in [9.17, 15) is 28.6 Å². The molecule has 2 N–H and O–H groups in total. The molecule has 0 aromatic heterocycles. The molecule has 14 nitrogen and oxygen atoms in total. The average Bonchev–Trinajstić information content (AvgIpc) is 2.80. The van der Waals surface area contributed by atoms with Crippen molar-refractivity contribution in [1.82, 2.24) is 9.21 Å². The number of para-hydroxylation sites is 1. The maximum absolute atomic E-state index is 12.8. The van der Waals surface area contributed by atoms with E-state index in [0.717, 1.165) is 5.56 Å². The summed E-state index contributed by atoms with van der Waals surface area (Å²) < 4.78 is 26.9. The van der Waals surface area contributed by atoms with Gasteiger partial charge in [0.2, 0.25) is 10.0 Å². The van der Waals surface area contributed by atoms with Crippen LogP contribution in [0.2, 0.25) is 0 Å². The maximum Gasteiger partial charge on any atom is 0.414 e. The number of carboxylic acid groups (broad SMARTS) is 2. The second kappa shape index (κ2) is 11.3. The monoisotopic (exact) mass is 496 g/mol. The predicted octanol–water partition coefficient (Wildman–Crippen LogP) is 1.17. The van der Waals surface area contributed by atoms with Gasteiger partial charge in [-0.1, -0.05) is 24.3 Å². The van der Waals surface area contributed by atoms with Gasteiger partial charge in [-0.25, -0.2) is 18.0 Å². The zero-order valence-electron chi connectivity index (χ0n) is 17.5. The van der Waals surface area contributed by atoms with Gasteiger partial charge in [0.15, 0.2) is 4.90 Å². The Morgan fingerprint density at radius 1 is 0.882 bits per heavy atom. The molecular weight excluding hydrogens is 476 g/mol. The van der Waals surface area contributed by atoms with Gasteiger partial charge in [-0.3, -0.25) is 25.1 Å². The van der Waals surface area contributed by atoms with Crippen LogP contribution in [0.15, 0.2) is 53.4 Å². The summed E-state index contributed by atoms with van der Waals surface area (Å²) in [7, 11) is -3.98. The molecule has 1 fully saturated rings. The summed E-state index contributed by atoms with van der Waals surface area (Å²) in [5.74, 6) is -3.65. The number of benzene rings is 2. The van der Waals surface area contributed by atoms with Crippen LogP contribution in [-0.4, -0.2) is 75.8 Å². The van der Waals surface area contributed by atoms with Crippen LogP contribution in [0.4, 0.5) is 11.4 Å². The van der Waals surface area contributed by atoms with Crippen LogP contribution in [0.5, 0.6) is 0 Å². The summed E-state index contributed by atoms with van der Waals surface area (Å²) in [5, 5.41) is 36.8. The predicted molar refractivity (Wildman–Crippen MR) is 116 cm³/mol. The Morgan fingerprint density at radius 3 is 2.00 bits per heavy atom. The van der Waals surface area contributed by atoms with Crippen LogP contribution < -0.4 is 0 Å². The average molecular weight is 496 g/mol. The number of non-ortho nitro benzene ring substituents is 1. The van der Waals surface area contributed by atoms with E-state index in [-0.39, 0.29) is 23.7 Å². The SMILES string of the molecule is O=C(O)C(=O)O.O=[N+]([O-])c1cccc(CN2CCN(S(=O)(=O)c3ccccc3[N+](=O)[O-])CC2)c1. The lowest BCUT2D eigenvalue weighted by atomic mass is 10.2. The molecule has 0 atom stereocenters. The van der Waals surface area contributed by atoms with Crippen LogP contribution in [0.25, 0.3) is 0 Å². The molecule has 0 aliphatic carbocycles. The quantitative estimate of drug-likeness (QED) is 0.330. The number of nitro benzene ring substituents is 2. The minimum Gasteiger partial charge on any atom is -0.473 e. The molecule has 3 rings (SSSR count). The van der Waals surface area contributed by atoms with Crippen LogP contribution >= 0.6 is 0 Å². The smallest absolute Gasteiger partial charge is 0.414 e. The van der Waals surface area contributed by atoms with E-state index in [0.29, 0.717) is 19.6 Å². The van der Waals surface area contributed by atoms with Crippen LogP contribution in [0, 0.1) is 20.2 Å². The summed E-state index contributed by atoms with van der Waals surface area (Å²) >= 11 is 0. The molecule has 1 saturated heterocycles. The number of piperazine rings is 1. The number of carboxylic acids is 2. The van der Waals surface area contributed by atoms with Gasteiger partial charge in [-0.2, -0.15) is 4.31 Å². The molecule has 2 aromatic rings. The summed E-state index contributed by atoms with van der Waals surface area (Å²) in [5.41, 5.74) is 0.334. The fourth-order valence-corrected chi connectivity index (χ4v) is 4.70. The molecule has 0 unspecified atom stereocenters. The Hall–Kier alpha value is -3.95. The second-order valence-electron chi connectivity index (χ2n) is 6.94. The Balaban J connectivity index is 0.000000604. The van der Waals surface area contributed by atoms with Gasteiger partial charge < -0.3 is 10.2 Å². The van der Waals surface area contributed by atoms with Crippen molar-refractivity contribution in [3.05, 3.63) is 74.3 Å².